The van der Waals surface area contributed by atoms with Gasteiger partial charge < -0.3 is 0 Å². The summed E-state index contributed by atoms with van der Waals surface area (Å²) in [6, 6.07) is 0. The van der Waals surface area contributed by atoms with E-state index in [9.17, 15) is 0 Å². The van der Waals surface area contributed by atoms with Crippen molar-refractivity contribution in [1.29, 1.82) is 0 Å². The van der Waals surface area contributed by atoms with Crippen LogP contribution in [0.5, 0.6) is 0 Å². The van der Waals surface area contributed by atoms with Gasteiger partial charge in [0.1, 0.15) is 0 Å². The number of hydrogen-bond acceptors (Lipinski definition) is 0. The van der Waals surface area contributed by atoms with Crippen LogP contribution in [-0.2, 0) is 0 Å². The largest absolute Gasteiger partial charge is 0.123 e. The molecule has 0 aromatic heterocycles. The van der Waals surface area contributed by atoms with Crippen LogP contribution < -0.4 is 0 Å². The molecule has 1 rings (SSSR count). The molecule has 68 valence electrons. The monoisotopic (exact) mass is 200 g/mol. The fraction of sp³-hybridized carbons (Fsp3) is 0.600. The fourth-order valence-corrected chi connectivity index (χ4v) is 3.32. The second-order valence-corrected chi connectivity index (χ2v) is 6.27. The molecule has 0 N–H and O–H groups in total. The van der Waals surface area contributed by atoms with E-state index in [2.05, 4.69) is 27.7 Å². The van der Waals surface area contributed by atoms with Crippen molar-refractivity contribution < 1.29 is 0 Å². The summed E-state index contributed by atoms with van der Waals surface area (Å²) in [7, 11) is 1.05. The number of alkyl halides is 1. The normalized spacial score (nSPS) is 27.2. The van der Waals surface area contributed by atoms with Crippen LogP contribution in [-0.4, -0.2) is 15.2 Å². The Morgan fingerprint density at radius 1 is 1.25 bits per heavy atom. The van der Waals surface area contributed by atoms with Crippen molar-refractivity contribution >= 4 is 21.8 Å². The van der Waals surface area contributed by atoms with Gasteiger partial charge in [-0.3, -0.25) is 0 Å². The predicted octanol–water partition coefficient (Wildman–Crippen LogP) is 2.22. The van der Waals surface area contributed by atoms with Crippen LogP contribution in [0.15, 0.2) is 22.3 Å². The van der Waals surface area contributed by atoms with Crippen molar-refractivity contribution in [2.24, 2.45) is 5.92 Å². The third kappa shape index (κ3) is 1.40. The molecule has 12 heavy (non-hydrogen) atoms. The third-order valence-electron chi connectivity index (χ3n) is 3.13. The van der Waals surface area contributed by atoms with Gasteiger partial charge in [-0.1, -0.05) is 12.5 Å². The van der Waals surface area contributed by atoms with E-state index in [1.54, 1.807) is 0 Å². The highest BCUT2D eigenvalue weighted by Crippen LogP contribution is 2.38. The zero-order chi connectivity index (χ0) is 9.46. The van der Waals surface area contributed by atoms with Crippen LogP contribution in [0.1, 0.15) is 27.7 Å². The van der Waals surface area contributed by atoms with Crippen molar-refractivity contribution in [2.75, 3.05) is 0 Å². The first-order chi connectivity index (χ1) is 5.46. The second kappa shape index (κ2) is 3.39. The van der Waals surface area contributed by atoms with Crippen molar-refractivity contribution in [2.45, 2.75) is 32.7 Å². The molecule has 0 radical (unpaired) electrons. The van der Waals surface area contributed by atoms with Crippen molar-refractivity contribution in [1.82, 2.24) is 0 Å². The Morgan fingerprint density at radius 3 is 1.92 bits per heavy atom. The first-order valence-electron chi connectivity index (χ1n) is 4.49. The Balaban J connectivity index is 3.09. The molecule has 2 unspecified atom stereocenters. The minimum absolute atomic E-state index is 0.312. The van der Waals surface area contributed by atoms with Gasteiger partial charge in [-0.05, 0) is 43.4 Å². The molecular weight excluding hydrogens is 184 g/mol. The van der Waals surface area contributed by atoms with Crippen molar-refractivity contribution in [3.63, 3.8) is 0 Å². The van der Waals surface area contributed by atoms with Gasteiger partial charge in [0.05, 0.1) is 0 Å². The molecule has 0 amide bonds. The molecule has 2 atom stereocenters. The lowest BCUT2D eigenvalue weighted by Crippen LogP contribution is -2.09. The Kier molecular flexibility index (Phi) is 2.84. The molecule has 0 saturated carbocycles. The molecule has 0 aromatic rings. The predicted molar refractivity (Wildman–Crippen MR) is 59.8 cm³/mol. The molecule has 0 saturated heterocycles. The molecule has 1 aliphatic carbocycles. The van der Waals surface area contributed by atoms with Gasteiger partial charge in [-0.15, -0.1) is 11.6 Å². The molecule has 0 fully saturated rings. The first-order valence-corrected chi connectivity index (χ1v) is 6.08. The Hall–Kier alpha value is -0.0131. The Labute approximate surface area is 83.1 Å². The molecule has 0 aromatic carbocycles. The lowest BCUT2D eigenvalue weighted by Gasteiger charge is -2.14. The molecule has 0 aliphatic heterocycles. The van der Waals surface area contributed by atoms with Crippen LogP contribution in [0.2, 0.25) is 0 Å². The van der Waals surface area contributed by atoms with Gasteiger partial charge in [-0.2, -0.15) is 0 Å². The number of rotatable bonds is 1. The molecular formula is C10H17ClSi. The second-order valence-electron chi connectivity index (χ2n) is 3.73. The van der Waals surface area contributed by atoms with Crippen LogP contribution in [0.25, 0.3) is 0 Å². The highest BCUT2D eigenvalue weighted by atomic mass is 35.5. The molecule has 0 nitrogen and oxygen atoms in total. The van der Waals surface area contributed by atoms with Crippen molar-refractivity contribution in [3.8, 4) is 0 Å². The number of allylic oxidation sites excluding steroid dienone is 4. The summed E-state index contributed by atoms with van der Waals surface area (Å²) in [4.78, 5) is 0. The van der Waals surface area contributed by atoms with Gasteiger partial charge in [0, 0.05) is 15.2 Å². The minimum atomic E-state index is 0.312. The maximum Gasteiger partial charge on any atom is 0.0379 e. The van der Waals surface area contributed by atoms with Crippen LogP contribution in [0.4, 0.5) is 0 Å². The maximum atomic E-state index is 6.18. The smallest absolute Gasteiger partial charge is 0.0379 e. The maximum absolute atomic E-state index is 6.18. The zero-order valence-corrected chi connectivity index (χ0v) is 11.3. The number of hydrogen-bond donors (Lipinski definition) is 0. The summed E-state index contributed by atoms with van der Waals surface area (Å²) in [6.45, 7) is 8.88. The summed E-state index contributed by atoms with van der Waals surface area (Å²) in [5.74, 6) is 0.588. The fourth-order valence-electron chi connectivity index (χ4n) is 2.04. The SMILES string of the molecule is CC1=C(C)C(C)C(C([SiH3])Cl)=C1C. The molecule has 0 bridgehead atoms. The molecule has 0 spiro atoms. The van der Waals surface area contributed by atoms with Crippen molar-refractivity contribution in [3.05, 3.63) is 22.3 Å². The average Bonchev–Trinajstić information content (AvgIpc) is 2.16. The van der Waals surface area contributed by atoms with Crippen LogP contribution in [0.3, 0.4) is 0 Å². The summed E-state index contributed by atoms with van der Waals surface area (Å²) >= 11 is 6.18. The summed E-state index contributed by atoms with van der Waals surface area (Å²) in [5, 5.41) is 0.312. The van der Waals surface area contributed by atoms with E-state index in [-0.39, 0.29) is 0 Å². The average molecular weight is 201 g/mol. The topological polar surface area (TPSA) is 0 Å². The van der Waals surface area contributed by atoms with E-state index in [4.69, 9.17) is 11.6 Å². The highest BCUT2D eigenvalue weighted by Gasteiger charge is 2.25. The van der Waals surface area contributed by atoms with E-state index in [1.807, 2.05) is 0 Å². The zero-order valence-electron chi connectivity index (χ0n) is 8.53. The van der Waals surface area contributed by atoms with Gasteiger partial charge in [0.15, 0.2) is 0 Å². The molecule has 2 heteroatoms. The molecule has 0 heterocycles. The van der Waals surface area contributed by atoms with E-state index in [0.717, 1.165) is 10.2 Å². The summed E-state index contributed by atoms with van der Waals surface area (Å²) in [6.07, 6.45) is 0. The standard InChI is InChI=1S/C10H17ClSi/c1-5-6(2)8(4)9(7(5)3)10(11)12/h7,10H,1-4,12H3. The van der Waals surface area contributed by atoms with Crippen LogP contribution >= 0.6 is 11.6 Å². The summed E-state index contributed by atoms with van der Waals surface area (Å²) in [5.41, 5.74) is 5.87. The van der Waals surface area contributed by atoms with E-state index in [1.165, 1.54) is 22.3 Å². The van der Waals surface area contributed by atoms with E-state index >= 15 is 0 Å². The van der Waals surface area contributed by atoms with Crippen LogP contribution in [0, 0.1) is 5.92 Å². The molecule has 1 aliphatic rings. The Morgan fingerprint density at radius 2 is 1.75 bits per heavy atom. The van der Waals surface area contributed by atoms with Gasteiger partial charge >= 0.3 is 0 Å². The van der Waals surface area contributed by atoms with Gasteiger partial charge in [0.2, 0.25) is 0 Å². The highest BCUT2D eigenvalue weighted by molar-refractivity contribution is 6.42. The van der Waals surface area contributed by atoms with E-state index in [0.29, 0.717) is 10.9 Å². The quantitative estimate of drug-likeness (QED) is 0.450. The van der Waals surface area contributed by atoms with E-state index < -0.39 is 0 Å². The lowest BCUT2D eigenvalue weighted by molar-refractivity contribution is 0.806. The first kappa shape index (κ1) is 10.1. The number of halogens is 1. The van der Waals surface area contributed by atoms with Gasteiger partial charge in [-0.25, -0.2) is 0 Å². The third-order valence-corrected chi connectivity index (χ3v) is 3.99. The summed E-state index contributed by atoms with van der Waals surface area (Å²) < 4.78 is 0. The lowest BCUT2D eigenvalue weighted by atomic mass is 9.99. The van der Waals surface area contributed by atoms with Gasteiger partial charge in [0.25, 0.3) is 0 Å². The Bertz CT molecular complexity index is 261. The minimum Gasteiger partial charge on any atom is -0.123 e.